The fourth-order valence-corrected chi connectivity index (χ4v) is 4.01. The van der Waals surface area contributed by atoms with E-state index in [-0.39, 0.29) is 5.37 Å². The second kappa shape index (κ2) is 7.80. The molecule has 0 amide bonds. The zero-order valence-corrected chi connectivity index (χ0v) is 15.0. The van der Waals surface area contributed by atoms with E-state index in [4.69, 9.17) is 9.47 Å². The number of thioether (sulfide) groups is 1. The molecule has 6 heteroatoms. The zero-order chi connectivity index (χ0) is 17.8. The number of aliphatic carboxylic acids is 1. The standard InChI is InChI=1S/C19H21NO4S/c1-12-3-5-13(6-4-12)10-24-16-8-7-14(9-17(16)23-2)18-20-15(11-25-18)19(21)22/h3-9,15,18,20H,10-11H2,1-2H3,(H,21,22)/t15-,18+/m0/s1. The van der Waals surface area contributed by atoms with Gasteiger partial charge in [-0.15, -0.1) is 0 Å². The summed E-state index contributed by atoms with van der Waals surface area (Å²) in [7, 11) is 1.60. The lowest BCUT2D eigenvalue weighted by Gasteiger charge is -2.15. The largest absolute Gasteiger partial charge is 0.544 e. The van der Waals surface area contributed by atoms with Gasteiger partial charge in [0, 0.05) is 5.56 Å². The molecule has 0 spiro atoms. The number of carboxylic acids is 1. The molecule has 0 aliphatic carbocycles. The first-order valence-electron chi connectivity index (χ1n) is 8.10. The van der Waals surface area contributed by atoms with Gasteiger partial charge in [0.1, 0.15) is 18.6 Å². The average Bonchev–Trinajstić information content (AvgIpc) is 3.11. The molecule has 2 N–H and O–H groups in total. The minimum absolute atomic E-state index is 0.0305. The molecule has 132 valence electrons. The van der Waals surface area contributed by atoms with Gasteiger partial charge in [-0.1, -0.05) is 41.6 Å². The molecule has 1 heterocycles. The SMILES string of the molecule is COc1cc([C@@H]2[NH2+][C@H](C(=O)[O-])CS2)ccc1OCc1ccc(C)cc1. The van der Waals surface area contributed by atoms with Crippen LogP contribution >= 0.6 is 11.8 Å². The Morgan fingerprint density at radius 3 is 2.64 bits per heavy atom. The monoisotopic (exact) mass is 359 g/mol. The highest BCUT2D eigenvalue weighted by Crippen LogP contribution is 2.34. The Balaban J connectivity index is 1.69. The van der Waals surface area contributed by atoms with Gasteiger partial charge in [-0.25, -0.2) is 0 Å². The van der Waals surface area contributed by atoms with Crippen LogP contribution in [-0.4, -0.2) is 24.9 Å². The van der Waals surface area contributed by atoms with Crippen molar-refractivity contribution in [2.75, 3.05) is 12.9 Å². The molecule has 1 aliphatic rings. The highest BCUT2D eigenvalue weighted by atomic mass is 32.2. The van der Waals surface area contributed by atoms with Crippen molar-refractivity contribution in [2.45, 2.75) is 24.9 Å². The number of ether oxygens (including phenoxy) is 2. The summed E-state index contributed by atoms with van der Waals surface area (Å²) in [6.45, 7) is 2.52. The molecule has 0 unspecified atom stereocenters. The van der Waals surface area contributed by atoms with Crippen LogP contribution in [0.1, 0.15) is 22.1 Å². The average molecular weight is 359 g/mol. The summed E-state index contributed by atoms with van der Waals surface area (Å²) in [5.41, 5.74) is 3.31. The molecule has 0 bridgehead atoms. The summed E-state index contributed by atoms with van der Waals surface area (Å²) in [6, 6.07) is 13.4. The third-order valence-corrected chi connectivity index (χ3v) is 5.54. The number of methoxy groups -OCH3 is 1. The van der Waals surface area contributed by atoms with Crippen LogP contribution in [0, 0.1) is 6.92 Å². The van der Waals surface area contributed by atoms with Crippen LogP contribution in [0.5, 0.6) is 11.5 Å². The first-order chi connectivity index (χ1) is 12.1. The van der Waals surface area contributed by atoms with Gasteiger partial charge in [0.25, 0.3) is 0 Å². The Morgan fingerprint density at radius 1 is 1.24 bits per heavy atom. The van der Waals surface area contributed by atoms with Crippen LogP contribution in [-0.2, 0) is 11.4 Å². The van der Waals surface area contributed by atoms with Gasteiger partial charge in [-0.3, -0.25) is 0 Å². The lowest BCUT2D eigenvalue weighted by atomic mass is 10.1. The van der Waals surface area contributed by atoms with Crippen molar-refractivity contribution in [3.63, 3.8) is 0 Å². The minimum atomic E-state index is -1.01. The topological polar surface area (TPSA) is 75.2 Å². The molecule has 3 rings (SSSR count). The van der Waals surface area contributed by atoms with Crippen LogP contribution in [0.3, 0.4) is 0 Å². The summed E-state index contributed by atoms with van der Waals surface area (Å²) in [6.07, 6.45) is 0. The Labute approximate surface area is 151 Å². The van der Waals surface area contributed by atoms with Crippen molar-refractivity contribution >= 4 is 17.7 Å². The summed E-state index contributed by atoms with van der Waals surface area (Å²) < 4.78 is 11.3. The lowest BCUT2D eigenvalue weighted by molar-refractivity contribution is -0.690. The summed E-state index contributed by atoms with van der Waals surface area (Å²) in [5, 5.41) is 12.8. The first-order valence-corrected chi connectivity index (χ1v) is 9.15. The van der Waals surface area contributed by atoms with Crippen LogP contribution in [0.15, 0.2) is 42.5 Å². The van der Waals surface area contributed by atoms with E-state index in [9.17, 15) is 9.90 Å². The van der Waals surface area contributed by atoms with Crippen molar-refractivity contribution in [2.24, 2.45) is 0 Å². The van der Waals surface area contributed by atoms with Gasteiger partial charge in [0.2, 0.25) is 0 Å². The highest BCUT2D eigenvalue weighted by molar-refractivity contribution is 7.99. The molecule has 5 nitrogen and oxygen atoms in total. The maximum atomic E-state index is 11.0. The number of aryl methyl sites for hydroxylation is 1. The van der Waals surface area contributed by atoms with Gasteiger partial charge in [-0.2, -0.15) is 0 Å². The molecule has 25 heavy (non-hydrogen) atoms. The summed E-state index contributed by atoms with van der Waals surface area (Å²) >= 11 is 1.60. The second-order valence-corrected chi connectivity index (χ2v) is 7.23. The van der Waals surface area contributed by atoms with E-state index in [0.29, 0.717) is 23.9 Å². The zero-order valence-electron chi connectivity index (χ0n) is 14.2. The van der Waals surface area contributed by atoms with Crippen molar-refractivity contribution < 1.29 is 24.7 Å². The molecule has 1 fully saturated rings. The van der Waals surface area contributed by atoms with Crippen molar-refractivity contribution in [1.82, 2.24) is 0 Å². The predicted molar refractivity (Wildman–Crippen MR) is 94.4 cm³/mol. The van der Waals surface area contributed by atoms with E-state index in [2.05, 4.69) is 19.1 Å². The normalized spacial score (nSPS) is 19.6. The second-order valence-electron chi connectivity index (χ2n) is 6.06. The molecule has 1 aliphatic heterocycles. The predicted octanol–water partition coefficient (Wildman–Crippen LogP) is 1.01. The smallest absolute Gasteiger partial charge is 0.161 e. The maximum Gasteiger partial charge on any atom is 0.161 e. The van der Waals surface area contributed by atoms with Gasteiger partial charge in [-0.05, 0) is 30.7 Å². The van der Waals surface area contributed by atoms with Crippen LogP contribution in [0.25, 0.3) is 0 Å². The molecule has 2 aromatic rings. The Kier molecular flexibility index (Phi) is 5.50. The number of nitrogens with two attached hydrogens (primary N) is 1. The fourth-order valence-electron chi connectivity index (χ4n) is 2.71. The molecule has 0 saturated carbocycles. The van der Waals surface area contributed by atoms with E-state index < -0.39 is 12.0 Å². The van der Waals surface area contributed by atoms with E-state index in [1.807, 2.05) is 35.6 Å². The van der Waals surface area contributed by atoms with Crippen LogP contribution in [0.2, 0.25) is 0 Å². The van der Waals surface area contributed by atoms with Gasteiger partial charge >= 0.3 is 0 Å². The number of quaternary nitrogens is 1. The van der Waals surface area contributed by atoms with E-state index in [0.717, 1.165) is 11.1 Å². The minimum Gasteiger partial charge on any atom is -0.544 e. The van der Waals surface area contributed by atoms with Crippen LogP contribution in [0.4, 0.5) is 0 Å². The van der Waals surface area contributed by atoms with Gasteiger partial charge < -0.3 is 24.7 Å². The quantitative estimate of drug-likeness (QED) is 0.833. The first kappa shape index (κ1) is 17.6. The number of hydrogen-bond acceptors (Lipinski definition) is 5. The molecule has 0 aromatic heterocycles. The Morgan fingerprint density at radius 2 is 2.00 bits per heavy atom. The fraction of sp³-hybridized carbons (Fsp3) is 0.316. The van der Waals surface area contributed by atoms with E-state index in [1.165, 1.54) is 5.56 Å². The number of carboxylic acid groups (broad SMARTS) is 1. The third kappa shape index (κ3) is 4.27. The molecule has 1 saturated heterocycles. The van der Waals surface area contributed by atoms with Crippen molar-refractivity contribution in [3.05, 3.63) is 59.2 Å². The molecular formula is C19H21NO4S. The number of carbonyl (C=O) groups is 1. The number of rotatable bonds is 6. The number of carbonyl (C=O) groups excluding carboxylic acids is 1. The summed E-state index contributed by atoms with van der Waals surface area (Å²) in [5.74, 6) is 0.850. The van der Waals surface area contributed by atoms with E-state index in [1.54, 1.807) is 18.9 Å². The number of hydrogen-bond donors (Lipinski definition) is 1. The Bertz CT molecular complexity index is 748. The van der Waals surface area contributed by atoms with Crippen molar-refractivity contribution in [3.8, 4) is 11.5 Å². The van der Waals surface area contributed by atoms with Crippen LogP contribution < -0.4 is 19.9 Å². The van der Waals surface area contributed by atoms with Crippen molar-refractivity contribution in [1.29, 1.82) is 0 Å². The van der Waals surface area contributed by atoms with Gasteiger partial charge in [0.15, 0.2) is 16.9 Å². The molecule has 2 atom stereocenters. The molecular weight excluding hydrogens is 338 g/mol. The van der Waals surface area contributed by atoms with E-state index >= 15 is 0 Å². The molecule has 2 aromatic carbocycles. The lowest BCUT2D eigenvalue weighted by Crippen LogP contribution is -2.90. The maximum absolute atomic E-state index is 11.0. The van der Waals surface area contributed by atoms with Gasteiger partial charge in [0.05, 0.1) is 12.9 Å². The highest BCUT2D eigenvalue weighted by Gasteiger charge is 2.31. The number of benzene rings is 2. The summed E-state index contributed by atoms with van der Waals surface area (Å²) in [4.78, 5) is 11.0. The Hall–Kier alpha value is -2.18. The third-order valence-electron chi connectivity index (χ3n) is 4.20. The molecule has 0 radical (unpaired) electrons.